The first-order valence-corrected chi connectivity index (χ1v) is 10.2. The molecule has 1 aliphatic heterocycles. The molecule has 0 bridgehead atoms. The second-order valence-corrected chi connectivity index (χ2v) is 7.34. The molecule has 0 aromatic heterocycles. The van der Waals surface area contributed by atoms with E-state index in [2.05, 4.69) is 10.6 Å². The second kappa shape index (κ2) is 10.6. The molecule has 1 aliphatic rings. The lowest BCUT2D eigenvalue weighted by Crippen LogP contribution is -2.35. The predicted octanol–water partition coefficient (Wildman–Crippen LogP) is 4.64. The molecule has 154 valence electrons. The first-order valence-electron chi connectivity index (χ1n) is 10.2. The maximum Gasteiger partial charge on any atom is 0.321 e. The molecule has 1 atom stereocenters. The number of ether oxygens (including phenoxy) is 1. The summed E-state index contributed by atoms with van der Waals surface area (Å²) in [7, 11) is 0. The average Bonchev–Trinajstić information content (AvgIpc) is 3.04. The molecule has 2 aromatic carbocycles. The molecular formula is C23H29N3O3. The van der Waals surface area contributed by atoms with Crippen LogP contribution in [0.1, 0.15) is 38.2 Å². The zero-order valence-corrected chi connectivity index (χ0v) is 16.9. The van der Waals surface area contributed by atoms with E-state index in [1.807, 2.05) is 35.2 Å². The molecule has 6 heteroatoms. The molecule has 3 amide bonds. The van der Waals surface area contributed by atoms with Crippen molar-refractivity contribution in [3.05, 3.63) is 60.2 Å². The lowest BCUT2D eigenvalue weighted by Gasteiger charge is -2.21. The van der Waals surface area contributed by atoms with Crippen LogP contribution < -0.4 is 10.6 Å². The first-order chi connectivity index (χ1) is 14.1. The van der Waals surface area contributed by atoms with E-state index in [1.54, 1.807) is 31.2 Å². The van der Waals surface area contributed by atoms with Gasteiger partial charge in [0.05, 0.1) is 6.61 Å². The fourth-order valence-electron chi connectivity index (χ4n) is 3.23. The molecule has 2 aromatic rings. The lowest BCUT2D eigenvalue weighted by molar-refractivity contribution is -0.127. The van der Waals surface area contributed by atoms with Crippen LogP contribution in [-0.4, -0.2) is 36.0 Å². The van der Waals surface area contributed by atoms with Gasteiger partial charge in [-0.1, -0.05) is 43.2 Å². The fraction of sp³-hybridized carbons (Fsp3) is 0.391. The number of anilines is 2. The number of benzene rings is 2. The van der Waals surface area contributed by atoms with Crippen molar-refractivity contribution in [3.63, 3.8) is 0 Å². The van der Waals surface area contributed by atoms with Crippen molar-refractivity contribution < 1.29 is 14.3 Å². The standard InChI is InChI=1S/C23H29N3O3/c1-18(29-17-19-9-5-4-6-10-19)22(27)24-20-11-13-21(14-12-20)25-23(28)26-15-7-2-3-8-16-26/h4-6,9-14,18H,2-3,7-8,15-17H2,1H3,(H,24,27)(H,25,28). The van der Waals surface area contributed by atoms with Crippen molar-refractivity contribution in [1.29, 1.82) is 0 Å². The van der Waals surface area contributed by atoms with Crippen LogP contribution in [0.3, 0.4) is 0 Å². The fourth-order valence-corrected chi connectivity index (χ4v) is 3.23. The van der Waals surface area contributed by atoms with Crippen molar-refractivity contribution in [2.45, 2.75) is 45.3 Å². The van der Waals surface area contributed by atoms with Gasteiger partial charge in [-0.05, 0) is 49.6 Å². The zero-order chi connectivity index (χ0) is 20.5. The number of likely N-dealkylation sites (tertiary alicyclic amines) is 1. The van der Waals surface area contributed by atoms with E-state index in [9.17, 15) is 9.59 Å². The Morgan fingerprint density at radius 1 is 0.897 bits per heavy atom. The number of hydrogen-bond acceptors (Lipinski definition) is 3. The minimum absolute atomic E-state index is 0.0633. The molecule has 1 heterocycles. The highest BCUT2D eigenvalue weighted by molar-refractivity contribution is 5.94. The van der Waals surface area contributed by atoms with E-state index in [4.69, 9.17) is 4.74 Å². The van der Waals surface area contributed by atoms with E-state index in [1.165, 1.54) is 12.8 Å². The highest BCUT2D eigenvalue weighted by atomic mass is 16.5. The summed E-state index contributed by atoms with van der Waals surface area (Å²) in [6, 6.07) is 16.8. The minimum atomic E-state index is -0.572. The number of urea groups is 1. The van der Waals surface area contributed by atoms with Gasteiger partial charge in [0, 0.05) is 24.5 Å². The Labute approximate surface area is 172 Å². The molecule has 0 spiro atoms. The van der Waals surface area contributed by atoms with E-state index in [0.717, 1.165) is 31.5 Å². The van der Waals surface area contributed by atoms with Gasteiger partial charge in [-0.3, -0.25) is 4.79 Å². The Morgan fingerprint density at radius 2 is 1.48 bits per heavy atom. The molecule has 0 saturated carbocycles. The summed E-state index contributed by atoms with van der Waals surface area (Å²) in [5.74, 6) is -0.206. The molecule has 1 fully saturated rings. The number of carbonyl (C=O) groups excluding carboxylic acids is 2. The Morgan fingerprint density at radius 3 is 2.10 bits per heavy atom. The van der Waals surface area contributed by atoms with E-state index in [0.29, 0.717) is 18.0 Å². The van der Waals surface area contributed by atoms with Gasteiger partial charge >= 0.3 is 6.03 Å². The average molecular weight is 396 g/mol. The third kappa shape index (κ3) is 6.61. The van der Waals surface area contributed by atoms with Gasteiger partial charge in [-0.15, -0.1) is 0 Å². The van der Waals surface area contributed by atoms with E-state index < -0.39 is 6.10 Å². The number of hydrogen-bond donors (Lipinski definition) is 2. The van der Waals surface area contributed by atoms with Crippen molar-refractivity contribution in [2.75, 3.05) is 23.7 Å². The number of carbonyl (C=O) groups is 2. The molecular weight excluding hydrogens is 366 g/mol. The predicted molar refractivity (Wildman–Crippen MR) is 115 cm³/mol. The van der Waals surface area contributed by atoms with Crippen LogP contribution in [0.2, 0.25) is 0 Å². The summed E-state index contributed by atoms with van der Waals surface area (Å²) < 4.78 is 5.64. The van der Waals surface area contributed by atoms with Gasteiger partial charge in [0.15, 0.2) is 0 Å². The molecule has 1 saturated heterocycles. The maximum atomic E-state index is 12.4. The SMILES string of the molecule is CC(OCc1ccccc1)C(=O)Nc1ccc(NC(=O)N2CCCCCC2)cc1. The molecule has 29 heavy (non-hydrogen) atoms. The molecule has 2 N–H and O–H groups in total. The Kier molecular flexibility index (Phi) is 7.64. The molecule has 0 aliphatic carbocycles. The number of nitrogens with one attached hydrogen (secondary N) is 2. The number of amides is 3. The van der Waals surface area contributed by atoms with Crippen molar-refractivity contribution in [3.8, 4) is 0 Å². The molecule has 3 rings (SSSR count). The van der Waals surface area contributed by atoms with Crippen LogP contribution in [0.5, 0.6) is 0 Å². The molecule has 6 nitrogen and oxygen atoms in total. The quantitative estimate of drug-likeness (QED) is 0.749. The summed E-state index contributed by atoms with van der Waals surface area (Å²) in [5.41, 5.74) is 2.40. The van der Waals surface area contributed by atoms with Crippen LogP contribution in [0.15, 0.2) is 54.6 Å². The largest absolute Gasteiger partial charge is 0.364 e. The highest BCUT2D eigenvalue weighted by Crippen LogP contribution is 2.16. The van der Waals surface area contributed by atoms with Crippen LogP contribution in [0.4, 0.5) is 16.2 Å². The van der Waals surface area contributed by atoms with E-state index >= 15 is 0 Å². The first kappa shape index (κ1) is 20.9. The zero-order valence-electron chi connectivity index (χ0n) is 16.9. The van der Waals surface area contributed by atoms with Gasteiger partial charge in [-0.2, -0.15) is 0 Å². The number of rotatable bonds is 6. The molecule has 1 unspecified atom stereocenters. The third-order valence-corrected chi connectivity index (χ3v) is 5.01. The Bertz CT molecular complexity index is 785. The van der Waals surface area contributed by atoms with Crippen LogP contribution in [0, 0.1) is 0 Å². The topological polar surface area (TPSA) is 70.7 Å². The summed E-state index contributed by atoms with van der Waals surface area (Å²) in [5, 5.41) is 5.77. The van der Waals surface area contributed by atoms with Crippen molar-refractivity contribution >= 4 is 23.3 Å². The summed E-state index contributed by atoms with van der Waals surface area (Å²) >= 11 is 0. The normalized spacial score (nSPS) is 15.3. The van der Waals surface area contributed by atoms with Gasteiger partial charge in [0.1, 0.15) is 6.10 Å². The van der Waals surface area contributed by atoms with Crippen LogP contribution in [-0.2, 0) is 16.1 Å². The smallest absolute Gasteiger partial charge is 0.321 e. The Hall–Kier alpha value is -2.86. The van der Waals surface area contributed by atoms with Crippen molar-refractivity contribution in [1.82, 2.24) is 4.90 Å². The van der Waals surface area contributed by atoms with Gasteiger partial charge in [0.2, 0.25) is 0 Å². The van der Waals surface area contributed by atoms with Gasteiger partial charge in [-0.25, -0.2) is 4.79 Å². The monoisotopic (exact) mass is 395 g/mol. The summed E-state index contributed by atoms with van der Waals surface area (Å²) in [6.07, 6.45) is 3.92. The number of nitrogens with zero attached hydrogens (tertiary/aromatic N) is 1. The van der Waals surface area contributed by atoms with Crippen LogP contribution >= 0.6 is 0 Å². The summed E-state index contributed by atoms with van der Waals surface area (Å²) in [4.78, 5) is 26.6. The van der Waals surface area contributed by atoms with Gasteiger partial charge < -0.3 is 20.3 Å². The molecule has 0 radical (unpaired) electrons. The van der Waals surface area contributed by atoms with Crippen molar-refractivity contribution in [2.24, 2.45) is 0 Å². The van der Waals surface area contributed by atoms with Crippen LogP contribution in [0.25, 0.3) is 0 Å². The van der Waals surface area contributed by atoms with Gasteiger partial charge in [0.25, 0.3) is 5.91 Å². The lowest BCUT2D eigenvalue weighted by atomic mass is 10.2. The third-order valence-electron chi connectivity index (χ3n) is 5.01. The minimum Gasteiger partial charge on any atom is -0.364 e. The maximum absolute atomic E-state index is 12.4. The van der Waals surface area contributed by atoms with E-state index in [-0.39, 0.29) is 11.9 Å². The summed E-state index contributed by atoms with van der Waals surface area (Å²) in [6.45, 7) is 3.73. The second-order valence-electron chi connectivity index (χ2n) is 7.34. The Balaban J connectivity index is 1.46. The highest BCUT2D eigenvalue weighted by Gasteiger charge is 2.16.